The van der Waals surface area contributed by atoms with E-state index in [9.17, 15) is 0 Å². The molecule has 0 atom stereocenters. The van der Waals surface area contributed by atoms with Crippen molar-refractivity contribution < 1.29 is 4.74 Å². The first kappa shape index (κ1) is 14.2. The number of nitrogens with two attached hydrogens (primary N) is 1. The van der Waals surface area contributed by atoms with Crippen LogP contribution < -0.4 is 10.5 Å². The van der Waals surface area contributed by atoms with Crippen molar-refractivity contribution in [1.29, 1.82) is 0 Å². The molecule has 1 aromatic heterocycles. The molecule has 6 heteroatoms. The number of hydrogen-bond donors (Lipinski definition) is 1. The monoisotopic (exact) mass is 356 g/mol. The van der Waals surface area contributed by atoms with Gasteiger partial charge < -0.3 is 10.5 Å². The highest BCUT2D eigenvalue weighted by Crippen LogP contribution is 2.23. The van der Waals surface area contributed by atoms with E-state index < -0.39 is 0 Å². The summed E-state index contributed by atoms with van der Waals surface area (Å²) in [5.41, 5.74) is 7.15. The number of aromatic nitrogens is 1. The van der Waals surface area contributed by atoms with E-state index in [0.717, 1.165) is 10.0 Å². The van der Waals surface area contributed by atoms with Gasteiger partial charge in [0.25, 0.3) is 0 Å². The van der Waals surface area contributed by atoms with Crippen LogP contribution in [0.15, 0.2) is 41.1 Å². The molecule has 0 saturated carbocycles. The summed E-state index contributed by atoms with van der Waals surface area (Å²) in [7, 11) is 0. The van der Waals surface area contributed by atoms with Gasteiger partial charge >= 0.3 is 0 Å². The summed E-state index contributed by atoms with van der Waals surface area (Å²) in [6, 6.07) is 7.17. The highest BCUT2D eigenvalue weighted by atomic mass is 79.9. The highest BCUT2D eigenvalue weighted by molar-refractivity contribution is 9.10. The Morgan fingerprint density at radius 1 is 1.37 bits per heavy atom. The van der Waals surface area contributed by atoms with Crippen molar-refractivity contribution >= 4 is 44.7 Å². The average Bonchev–Trinajstić information content (AvgIpc) is 2.36. The van der Waals surface area contributed by atoms with Crippen molar-refractivity contribution in [3.05, 3.63) is 57.3 Å². The maximum Gasteiger partial charge on any atom is 0.121 e. The first-order valence-electron chi connectivity index (χ1n) is 5.38. The molecule has 3 nitrogen and oxygen atoms in total. The van der Waals surface area contributed by atoms with Gasteiger partial charge in [-0.3, -0.25) is 4.98 Å². The molecule has 0 aliphatic carbocycles. The SMILES string of the molecule is NC(=S)c1ccc(OCc2cncc(Br)c2)cc1Cl. The largest absolute Gasteiger partial charge is 0.489 e. The van der Waals surface area contributed by atoms with Gasteiger partial charge in [-0.1, -0.05) is 23.8 Å². The standard InChI is InChI=1S/C13H10BrClN2OS/c14-9-3-8(5-17-6-9)7-18-10-1-2-11(13(16)19)12(15)4-10/h1-6H,7H2,(H2,16,19). The van der Waals surface area contributed by atoms with Crippen LogP contribution in [0.25, 0.3) is 0 Å². The topological polar surface area (TPSA) is 48.1 Å². The molecule has 0 unspecified atom stereocenters. The summed E-state index contributed by atoms with van der Waals surface area (Å²) in [6.45, 7) is 0.412. The van der Waals surface area contributed by atoms with Crippen LogP contribution in [0.4, 0.5) is 0 Å². The van der Waals surface area contributed by atoms with Crippen molar-refractivity contribution in [1.82, 2.24) is 4.98 Å². The first-order chi connectivity index (χ1) is 9.06. The zero-order valence-electron chi connectivity index (χ0n) is 9.77. The average molecular weight is 358 g/mol. The van der Waals surface area contributed by atoms with Crippen LogP contribution in [0.5, 0.6) is 5.75 Å². The number of benzene rings is 1. The second-order valence-electron chi connectivity index (χ2n) is 3.81. The minimum Gasteiger partial charge on any atom is -0.489 e. The lowest BCUT2D eigenvalue weighted by Crippen LogP contribution is -2.09. The van der Waals surface area contributed by atoms with Crippen LogP contribution in [-0.4, -0.2) is 9.97 Å². The van der Waals surface area contributed by atoms with Gasteiger partial charge in [-0.05, 0) is 40.2 Å². The Kier molecular flexibility index (Phi) is 4.74. The van der Waals surface area contributed by atoms with Crippen molar-refractivity contribution in [2.24, 2.45) is 5.73 Å². The summed E-state index contributed by atoms with van der Waals surface area (Å²) in [4.78, 5) is 4.34. The van der Waals surface area contributed by atoms with Crippen molar-refractivity contribution in [2.75, 3.05) is 0 Å². The quantitative estimate of drug-likeness (QED) is 0.847. The van der Waals surface area contributed by atoms with E-state index in [1.165, 1.54) is 0 Å². The molecular formula is C13H10BrClN2OS. The number of thiocarbonyl (C=S) groups is 1. The Bertz CT molecular complexity index is 621. The number of rotatable bonds is 4. The third-order valence-electron chi connectivity index (χ3n) is 2.37. The molecule has 0 fully saturated rings. The molecule has 0 amide bonds. The Balaban J connectivity index is 2.08. The molecule has 2 N–H and O–H groups in total. The fourth-order valence-corrected chi connectivity index (χ4v) is 2.41. The van der Waals surface area contributed by atoms with E-state index in [0.29, 0.717) is 22.9 Å². The number of hydrogen-bond acceptors (Lipinski definition) is 3. The van der Waals surface area contributed by atoms with E-state index in [2.05, 4.69) is 20.9 Å². The molecule has 19 heavy (non-hydrogen) atoms. The van der Waals surface area contributed by atoms with Crippen LogP contribution >= 0.6 is 39.7 Å². The summed E-state index contributed by atoms with van der Waals surface area (Å²) >= 11 is 14.3. The molecule has 2 rings (SSSR count). The third-order valence-corrected chi connectivity index (χ3v) is 3.34. The number of nitrogens with zero attached hydrogens (tertiary/aromatic N) is 1. The lowest BCUT2D eigenvalue weighted by Gasteiger charge is -2.08. The Morgan fingerprint density at radius 3 is 2.79 bits per heavy atom. The molecule has 0 saturated heterocycles. The van der Waals surface area contributed by atoms with Crippen molar-refractivity contribution in [3.8, 4) is 5.75 Å². The van der Waals surface area contributed by atoms with Crippen LogP contribution in [0.1, 0.15) is 11.1 Å². The summed E-state index contributed by atoms with van der Waals surface area (Å²) in [5.74, 6) is 0.657. The second kappa shape index (κ2) is 6.32. The summed E-state index contributed by atoms with van der Waals surface area (Å²) in [6.07, 6.45) is 3.47. The lowest BCUT2D eigenvalue weighted by molar-refractivity contribution is 0.305. The predicted octanol–water partition coefficient (Wildman–Crippen LogP) is 3.71. The van der Waals surface area contributed by atoms with Gasteiger partial charge in [0.05, 0.1) is 5.02 Å². The number of ether oxygens (including phenoxy) is 1. The number of halogens is 2. The van der Waals surface area contributed by atoms with Crippen LogP contribution in [0.3, 0.4) is 0 Å². The highest BCUT2D eigenvalue weighted by Gasteiger charge is 2.05. The smallest absolute Gasteiger partial charge is 0.121 e. The Hall–Kier alpha value is -1.17. The minimum absolute atomic E-state index is 0.271. The fraction of sp³-hybridized carbons (Fsp3) is 0.0769. The molecule has 0 aliphatic rings. The van der Waals surface area contributed by atoms with Gasteiger partial charge in [0.2, 0.25) is 0 Å². The molecule has 0 radical (unpaired) electrons. The van der Waals surface area contributed by atoms with Gasteiger partial charge in [0.15, 0.2) is 0 Å². The Morgan fingerprint density at radius 2 is 2.16 bits per heavy atom. The maximum absolute atomic E-state index is 6.06. The third kappa shape index (κ3) is 3.89. The summed E-state index contributed by atoms with van der Waals surface area (Å²) < 4.78 is 6.55. The molecule has 98 valence electrons. The van der Waals surface area contributed by atoms with Gasteiger partial charge in [-0.25, -0.2) is 0 Å². The first-order valence-corrected chi connectivity index (χ1v) is 6.96. The van der Waals surface area contributed by atoms with Gasteiger partial charge in [-0.15, -0.1) is 0 Å². The molecule has 0 spiro atoms. The van der Waals surface area contributed by atoms with E-state index in [4.69, 9.17) is 34.3 Å². The van der Waals surface area contributed by atoms with E-state index in [1.54, 1.807) is 30.6 Å². The summed E-state index contributed by atoms with van der Waals surface area (Å²) in [5, 5.41) is 0.484. The molecule has 1 aromatic carbocycles. The van der Waals surface area contributed by atoms with Crippen LogP contribution in [-0.2, 0) is 6.61 Å². The van der Waals surface area contributed by atoms with Crippen LogP contribution in [0.2, 0.25) is 5.02 Å². The predicted molar refractivity (Wildman–Crippen MR) is 83.6 cm³/mol. The Labute approximate surface area is 129 Å². The zero-order chi connectivity index (χ0) is 13.8. The molecular weight excluding hydrogens is 348 g/mol. The van der Waals surface area contributed by atoms with Gasteiger partial charge in [0.1, 0.15) is 17.3 Å². The number of pyridine rings is 1. The van der Waals surface area contributed by atoms with Crippen LogP contribution in [0, 0.1) is 0 Å². The molecule has 2 aromatic rings. The minimum atomic E-state index is 0.271. The van der Waals surface area contributed by atoms with Crippen molar-refractivity contribution in [3.63, 3.8) is 0 Å². The normalized spacial score (nSPS) is 10.2. The van der Waals surface area contributed by atoms with Crippen molar-refractivity contribution in [2.45, 2.75) is 6.61 Å². The molecule has 0 aliphatic heterocycles. The second-order valence-corrected chi connectivity index (χ2v) is 5.57. The molecule has 0 bridgehead atoms. The maximum atomic E-state index is 6.06. The van der Waals surface area contributed by atoms with E-state index in [1.807, 2.05) is 6.07 Å². The lowest BCUT2D eigenvalue weighted by atomic mass is 10.2. The zero-order valence-corrected chi connectivity index (χ0v) is 12.9. The van der Waals surface area contributed by atoms with E-state index >= 15 is 0 Å². The van der Waals surface area contributed by atoms with E-state index in [-0.39, 0.29) is 4.99 Å². The van der Waals surface area contributed by atoms with Gasteiger partial charge in [-0.2, -0.15) is 0 Å². The molecule has 1 heterocycles. The fourth-order valence-electron chi connectivity index (χ4n) is 1.49. The van der Waals surface area contributed by atoms with Gasteiger partial charge in [0, 0.05) is 28.0 Å².